The summed E-state index contributed by atoms with van der Waals surface area (Å²) in [4.78, 5) is 4.39. The Balaban J connectivity index is 2.70. The third kappa shape index (κ3) is 4.12. The third-order valence-electron chi connectivity index (χ3n) is 2.57. The Labute approximate surface area is 105 Å². The second-order valence-corrected chi connectivity index (χ2v) is 5.52. The molecule has 0 aromatic carbocycles. The van der Waals surface area contributed by atoms with Gasteiger partial charge in [0.1, 0.15) is 0 Å². The van der Waals surface area contributed by atoms with E-state index in [1.807, 2.05) is 12.3 Å². The first kappa shape index (κ1) is 13.0. The molecule has 1 atom stereocenters. The number of pyridine rings is 1. The molecular weight excluding hydrogens is 273 g/mol. The van der Waals surface area contributed by atoms with Crippen molar-refractivity contribution >= 4 is 27.5 Å². The highest BCUT2D eigenvalue weighted by atomic mass is 79.9. The maximum atomic E-state index is 6.03. The van der Waals surface area contributed by atoms with E-state index in [-0.39, 0.29) is 5.41 Å². The average molecular weight is 291 g/mol. The molecule has 0 N–H and O–H groups in total. The fourth-order valence-corrected chi connectivity index (χ4v) is 2.22. The van der Waals surface area contributed by atoms with Gasteiger partial charge in [-0.15, -0.1) is 11.6 Å². The lowest BCUT2D eigenvalue weighted by Crippen LogP contribution is -2.22. The first-order chi connectivity index (χ1) is 7.09. The van der Waals surface area contributed by atoms with Crippen LogP contribution < -0.4 is 0 Å². The van der Waals surface area contributed by atoms with E-state index in [2.05, 4.69) is 40.8 Å². The molecule has 0 fully saturated rings. The predicted molar refractivity (Wildman–Crippen MR) is 69.4 cm³/mol. The Morgan fingerprint density at radius 3 is 2.67 bits per heavy atom. The minimum atomic E-state index is 0.178. The van der Waals surface area contributed by atoms with Gasteiger partial charge in [-0.3, -0.25) is 4.98 Å². The van der Waals surface area contributed by atoms with Gasteiger partial charge < -0.3 is 0 Å². The molecular formula is C12H17BrClN. The summed E-state index contributed by atoms with van der Waals surface area (Å²) in [6.45, 7) is 4.42. The van der Waals surface area contributed by atoms with Gasteiger partial charge in [0.15, 0.2) is 0 Å². The Bertz CT molecular complexity index is 299. The van der Waals surface area contributed by atoms with Gasteiger partial charge >= 0.3 is 0 Å². The molecule has 0 saturated carbocycles. The standard InChI is InChI=1S/C12H17BrClN/c1-3-6-12(2,9-14)7-11-5-4-10(13)8-15-11/h4-5,8H,3,6-7,9H2,1-2H3. The van der Waals surface area contributed by atoms with Gasteiger partial charge in [0.05, 0.1) is 0 Å². The smallest absolute Gasteiger partial charge is 0.0413 e. The Kier molecular flexibility index (Phi) is 5.07. The quantitative estimate of drug-likeness (QED) is 0.731. The van der Waals surface area contributed by atoms with E-state index in [0.29, 0.717) is 5.88 Å². The number of hydrogen-bond donors (Lipinski definition) is 0. The normalized spacial score (nSPS) is 14.9. The zero-order chi connectivity index (χ0) is 11.3. The summed E-state index contributed by atoms with van der Waals surface area (Å²) in [5, 5.41) is 0. The van der Waals surface area contributed by atoms with E-state index < -0.39 is 0 Å². The summed E-state index contributed by atoms with van der Waals surface area (Å²) in [7, 11) is 0. The third-order valence-corrected chi connectivity index (χ3v) is 3.69. The van der Waals surface area contributed by atoms with Crippen molar-refractivity contribution < 1.29 is 0 Å². The van der Waals surface area contributed by atoms with Crippen molar-refractivity contribution in [2.45, 2.75) is 33.1 Å². The first-order valence-electron chi connectivity index (χ1n) is 5.26. The molecule has 0 aliphatic rings. The van der Waals surface area contributed by atoms with E-state index >= 15 is 0 Å². The van der Waals surface area contributed by atoms with Crippen molar-refractivity contribution in [2.24, 2.45) is 5.41 Å². The molecule has 0 radical (unpaired) electrons. The van der Waals surface area contributed by atoms with Gasteiger partial charge in [0.2, 0.25) is 0 Å². The molecule has 3 heteroatoms. The van der Waals surface area contributed by atoms with Crippen LogP contribution in [-0.4, -0.2) is 10.9 Å². The van der Waals surface area contributed by atoms with E-state index in [1.165, 1.54) is 6.42 Å². The van der Waals surface area contributed by atoms with Crippen molar-refractivity contribution in [1.29, 1.82) is 0 Å². The van der Waals surface area contributed by atoms with E-state index in [9.17, 15) is 0 Å². The van der Waals surface area contributed by atoms with Gasteiger partial charge in [-0.05, 0) is 46.3 Å². The van der Waals surface area contributed by atoms with Crippen LogP contribution in [0.4, 0.5) is 0 Å². The fraction of sp³-hybridized carbons (Fsp3) is 0.583. The second-order valence-electron chi connectivity index (χ2n) is 4.34. The molecule has 0 amide bonds. The van der Waals surface area contributed by atoms with E-state index in [4.69, 9.17) is 11.6 Å². The van der Waals surface area contributed by atoms with Crippen LogP contribution in [0.5, 0.6) is 0 Å². The molecule has 1 aromatic rings. The maximum absolute atomic E-state index is 6.03. The number of nitrogens with zero attached hydrogens (tertiary/aromatic N) is 1. The Morgan fingerprint density at radius 1 is 1.47 bits per heavy atom. The zero-order valence-electron chi connectivity index (χ0n) is 9.26. The van der Waals surface area contributed by atoms with Crippen molar-refractivity contribution in [2.75, 3.05) is 5.88 Å². The highest BCUT2D eigenvalue weighted by Crippen LogP contribution is 2.29. The highest BCUT2D eigenvalue weighted by molar-refractivity contribution is 9.10. The van der Waals surface area contributed by atoms with Crippen LogP contribution in [0.15, 0.2) is 22.8 Å². The molecule has 0 spiro atoms. The second kappa shape index (κ2) is 5.86. The van der Waals surface area contributed by atoms with Crippen LogP contribution in [-0.2, 0) is 6.42 Å². The van der Waals surface area contributed by atoms with Gasteiger partial charge in [-0.2, -0.15) is 0 Å². The monoisotopic (exact) mass is 289 g/mol. The molecule has 84 valence electrons. The lowest BCUT2D eigenvalue weighted by molar-refractivity contribution is 0.331. The molecule has 0 aliphatic heterocycles. The summed E-state index contributed by atoms with van der Waals surface area (Å²) in [5.41, 5.74) is 1.30. The predicted octanol–water partition coefficient (Wildman–Crippen LogP) is 4.43. The van der Waals surface area contributed by atoms with Crippen molar-refractivity contribution in [3.8, 4) is 0 Å². The average Bonchev–Trinajstić information content (AvgIpc) is 2.22. The molecule has 1 rings (SSSR count). The molecule has 1 aromatic heterocycles. The largest absolute Gasteiger partial charge is 0.260 e. The number of halogens is 2. The van der Waals surface area contributed by atoms with Crippen molar-refractivity contribution in [1.82, 2.24) is 4.98 Å². The van der Waals surface area contributed by atoms with Crippen LogP contribution >= 0.6 is 27.5 Å². The topological polar surface area (TPSA) is 12.9 Å². The highest BCUT2D eigenvalue weighted by Gasteiger charge is 2.23. The molecule has 0 aliphatic carbocycles. The van der Waals surface area contributed by atoms with Crippen LogP contribution in [0.2, 0.25) is 0 Å². The number of hydrogen-bond acceptors (Lipinski definition) is 1. The maximum Gasteiger partial charge on any atom is 0.0413 e. The minimum absolute atomic E-state index is 0.178. The summed E-state index contributed by atoms with van der Waals surface area (Å²) in [6.07, 6.45) is 5.11. The number of alkyl halides is 1. The zero-order valence-corrected chi connectivity index (χ0v) is 11.6. The summed E-state index contributed by atoms with van der Waals surface area (Å²) < 4.78 is 1.02. The molecule has 0 bridgehead atoms. The molecule has 0 saturated heterocycles. The Morgan fingerprint density at radius 2 is 2.20 bits per heavy atom. The van der Waals surface area contributed by atoms with Crippen LogP contribution in [0, 0.1) is 5.41 Å². The van der Waals surface area contributed by atoms with Gasteiger partial charge in [0, 0.05) is 22.2 Å². The molecule has 1 unspecified atom stereocenters. The molecule has 1 heterocycles. The van der Waals surface area contributed by atoms with E-state index in [1.54, 1.807) is 0 Å². The first-order valence-corrected chi connectivity index (χ1v) is 6.59. The molecule has 15 heavy (non-hydrogen) atoms. The summed E-state index contributed by atoms with van der Waals surface area (Å²) in [6, 6.07) is 4.09. The lowest BCUT2D eigenvalue weighted by Gasteiger charge is -2.26. The number of rotatable bonds is 5. The van der Waals surface area contributed by atoms with Crippen LogP contribution in [0.1, 0.15) is 32.4 Å². The summed E-state index contributed by atoms with van der Waals surface area (Å²) >= 11 is 9.42. The van der Waals surface area contributed by atoms with Gasteiger partial charge in [-0.25, -0.2) is 0 Å². The fourth-order valence-electron chi connectivity index (χ4n) is 1.75. The van der Waals surface area contributed by atoms with E-state index in [0.717, 1.165) is 23.0 Å². The van der Waals surface area contributed by atoms with Crippen LogP contribution in [0.3, 0.4) is 0 Å². The lowest BCUT2D eigenvalue weighted by atomic mass is 9.83. The summed E-state index contributed by atoms with van der Waals surface area (Å²) in [5.74, 6) is 0.693. The van der Waals surface area contributed by atoms with Gasteiger partial charge in [0.25, 0.3) is 0 Å². The SMILES string of the molecule is CCCC(C)(CCl)Cc1ccc(Br)cn1. The minimum Gasteiger partial charge on any atom is -0.260 e. The van der Waals surface area contributed by atoms with Crippen LogP contribution in [0.25, 0.3) is 0 Å². The van der Waals surface area contributed by atoms with Gasteiger partial charge in [-0.1, -0.05) is 20.3 Å². The molecule has 1 nitrogen and oxygen atoms in total. The van der Waals surface area contributed by atoms with Crippen molar-refractivity contribution in [3.63, 3.8) is 0 Å². The Hall–Kier alpha value is -0.0800. The van der Waals surface area contributed by atoms with Crippen molar-refractivity contribution in [3.05, 3.63) is 28.5 Å². The number of aromatic nitrogens is 1.